The summed E-state index contributed by atoms with van der Waals surface area (Å²) in [6, 6.07) is 17.9. The van der Waals surface area contributed by atoms with Gasteiger partial charge >= 0.3 is 7.26 Å². The number of nitrogens with zero attached hydrogens (tertiary/aromatic N) is 2. The van der Waals surface area contributed by atoms with Crippen molar-refractivity contribution in [1.29, 1.82) is 0 Å². The van der Waals surface area contributed by atoms with E-state index in [4.69, 9.17) is 0 Å². The van der Waals surface area contributed by atoms with Gasteiger partial charge in [0.05, 0.1) is 5.22 Å². The molecule has 0 spiro atoms. The molecule has 0 unspecified atom stereocenters. The van der Waals surface area contributed by atoms with E-state index in [0.29, 0.717) is 0 Å². The number of fused-ring (bicyclic) bond motifs is 5. The predicted molar refractivity (Wildman–Crippen MR) is 83.6 cm³/mol. The van der Waals surface area contributed by atoms with Crippen LogP contribution in [0.15, 0.2) is 60.3 Å². The fourth-order valence-electron chi connectivity index (χ4n) is 3.36. The normalized spacial score (nSPS) is 15.4. The summed E-state index contributed by atoms with van der Waals surface area (Å²) in [7, 11) is -1.21. The second-order valence-corrected chi connectivity index (χ2v) is 5.45. The molecule has 0 atom stereocenters. The molecule has 1 aromatic heterocycles. The summed E-state index contributed by atoms with van der Waals surface area (Å²) in [4.78, 5) is 0. The van der Waals surface area contributed by atoms with Gasteiger partial charge in [-0.05, 0) is 23.6 Å². The molecule has 0 saturated carbocycles. The van der Waals surface area contributed by atoms with Crippen LogP contribution in [-0.2, 0) is 0 Å². The number of halogens is 1. The van der Waals surface area contributed by atoms with Crippen molar-refractivity contribution in [2.24, 2.45) is 0 Å². The van der Waals surface area contributed by atoms with E-state index in [9.17, 15) is 0 Å². The Morgan fingerprint density at radius 3 is 2.71 bits per heavy atom. The minimum atomic E-state index is -1.21. The maximum absolute atomic E-state index is 15.2. The van der Waals surface area contributed by atoms with Crippen molar-refractivity contribution < 1.29 is 4.32 Å². The summed E-state index contributed by atoms with van der Waals surface area (Å²) in [5.74, 6) is 0. The topological polar surface area (TPSA) is 7.94 Å². The van der Waals surface area contributed by atoms with Crippen molar-refractivity contribution in [3.05, 3.63) is 76.6 Å². The number of aromatic nitrogens is 1. The third-order valence-electron chi connectivity index (χ3n) is 4.28. The zero-order valence-electron chi connectivity index (χ0n) is 11.2. The molecule has 2 aliphatic rings. The molecule has 0 N–H and O–H groups in total. The molecule has 4 heteroatoms. The Bertz CT molecular complexity index is 1060. The lowest BCUT2D eigenvalue weighted by atomic mass is 9.98. The Hall–Kier alpha value is -2.62. The fraction of sp³-hybridized carbons (Fsp3) is 0. The molecule has 0 radical (unpaired) electrons. The first kappa shape index (κ1) is 11.1. The molecule has 21 heavy (non-hydrogen) atoms. The third-order valence-corrected chi connectivity index (χ3v) is 4.28. The smallest absolute Gasteiger partial charge is 0.286 e. The number of allylic oxidation sites excluding steroid dienone is 1. The number of rotatable bonds is 0. The molecule has 3 heterocycles. The van der Waals surface area contributed by atoms with Gasteiger partial charge in [0.15, 0.2) is 11.1 Å². The molecule has 3 aromatic rings. The highest BCUT2D eigenvalue weighted by atomic mass is 19.1. The Morgan fingerprint density at radius 2 is 1.76 bits per heavy atom. The molecule has 2 aliphatic heterocycles. The standard InChI is InChI=1S/C17H11BFN2/c19-18-20-14(9-12-5-1-3-7-16(12)20)11-15-10-13-6-2-4-8-17(13)21(15)18/h1-11H/q+1. The SMILES string of the molecule is FB1n2c(cc3ccccc32)C=C2C=c3ccccc3=[N+]12. The monoisotopic (exact) mass is 273 g/mol. The molecule has 98 valence electrons. The summed E-state index contributed by atoms with van der Waals surface area (Å²) in [6.45, 7) is 0. The lowest BCUT2D eigenvalue weighted by molar-refractivity contribution is 0.720. The van der Waals surface area contributed by atoms with E-state index in [1.165, 1.54) is 0 Å². The van der Waals surface area contributed by atoms with E-state index < -0.39 is 7.26 Å². The van der Waals surface area contributed by atoms with Crippen molar-refractivity contribution in [2.75, 3.05) is 0 Å². The maximum atomic E-state index is 15.2. The maximum Gasteiger partial charge on any atom is 0.846 e. The van der Waals surface area contributed by atoms with Crippen molar-refractivity contribution in [3.8, 4) is 0 Å². The first-order chi connectivity index (χ1) is 10.3. The quantitative estimate of drug-likeness (QED) is 0.552. The molecule has 2 nitrogen and oxygen atoms in total. The molecular weight excluding hydrogens is 262 g/mol. The van der Waals surface area contributed by atoms with Gasteiger partial charge in [0.1, 0.15) is 0 Å². The van der Waals surface area contributed by atoms with Crippen LogP contribution in [0.3, 0.4) is 0 Å². The molecule has 0 aliphatic carbocycles. The van der Waals surface area contributed by atoms with Crippen LogP contribution >= 0.6 is 0 Å². The van der Waals surface area contributed by atoms with Gasteiger partial charge in [-0.15, -0.1) is 0 Å². The van der Waals surface area contributed by atoms with Crippen molar-refractivity contribution in [2.45, 2.75) is 0 Å². The molecule has 0 amide bonds. The Labute approximate surface area is 120 Å². The van der Waals surface area contributed by atoms with Crippen LogP contribution in [0.4, 0.5) is 4.32 Å². The largest absolute Gasteiger partial charge is 0.846 e. The molecule has 5 rings (SSSR count). The summed E-state index contributed by atoms with van der Waals surface area (Å²) in [5.41, 5.74) is 2.76. The molecule has 0 fully saturated rings. The molecule has 0 bridgehead atoms. The van der Waals surface area contributed by atoms with Gasteiger partial charge in [-0.1, -0.05) is 30.3 Å². The number of para-hydroxylation sites is 2. The highest BCUT2D eigenvalue weighted by Gasteiger charge is 2.45. The lowest BCUT2D eigenvalue weighted by Gasteiger charge is -2.12. The van der Waals surface area contributed by atoms with E-state index in [0.717, 1.165) is 32.9 Å². The number of hydrogen-bond acceptors (Lipinski definition) is 0. The highest BCUT2D eigenvalue weighted by Crippen LogP contribution is 2.26. The average Bonchev–Trinajstić information content (AvgIpc) is 3.04. The Morgan fingerprint density at radius 1 is 0.952 bits per heavy atom. The van der Waals surface area contributed by atoms with E-state index in [-0.39, 0.29) is 0 Å². The van der Waals surface area contributed by atoms with Crippen LogP contribution in [0.25, 0.3) is 23.1 Å². The molecule has 0 saturated heterocycles. The first-order valence-electron chi connectivity index (χ1n) is 7.02. The highest BCUT2D eigenvalue weighted by molar-refractivity contribution is 6.50. The minimum absolute atomic E-state index is 0.916. The van der Waals surface area contributed by atoms with Gasteiger partial charge < -0.3 is 0 Å². The van der Waals surface area contributed by atoms with E-state index in [2.05, 4.69) is 6.08 Å². The van der Waals surface area contributed by atoms with Gasteiger partial charge in [0.25, 0.3) is 0 Å². The van der Waals surface area contributed by atoms with Crippen LogP contribution in [0.2, 0.25) is 0 Å². The van der Waals surface area contributed by atoms with Crippen LogP contribution in [0, 0.1) is 0 Å². The van der Waals surface area contributed by atoms with E-state index in [1.807, 2.05) is 60.7 Å². The summed E-state index contributed by atoms with van der Waals surface area (Å²) < 4.78 is 18.7. The summed E-state index contributed by atoms with van der Waals surface area (Å²) in [6.07, 6.45) is 4.10. The second-order valence-electron chi connectivity index (χ2n) is 5.45. The van der Waals surface area contributed by atoms with Crippen LogP contribution in [0.5, 0.6) is 0 Å². The first-order valence-corrected chi connectivity index (χ1v) is 7.02. The van der Waals surface area contributed by atoms with Crippen molar-refractivity contribution in [3.63, 3.8) is 0 Å². The average molecular weight is 273 g/mol. The van der Waals surface area contributed by atoms with Crippen molar-refractivity contribution >= 4 is 30.3 Å². The van der Waals surface area contributed by atoms with E-state index in [1.54, 1.807) is 8.96 Å². The number of hydrogen-bond donors (Lipinski definition) is 0. The predicted octanol–water partition coefficient (Wildman–Crippen LogP) is 1.78. The van der Waals surface area contributed by atoms with Crippen molar-refractivity contribution in [1.82, 2.24) is 8.96 Å². The fourth-order valence-corrected chi connectivity index (χ4v) is 3.36. The Kier molecular flexibility index (Phi) is 1.97. The minimum Gasteiger partial charge on any atom is -0.286 e. The zero-order valence-corrected chi connectivity index (χ0v) is 11.2. The van der Waals surface area contributed by atoms with E-state index >= 15 is 4.32 Å². The van der Waals surface area contributed by atoms with Gasteiger partial charge in [0.2, 0.25) is 0 Å². The van der Waals surface area contributed by atoms with Crippen LogP contribution in [-0.4, -0.2) is 11.7 Å². The summed E-state index contributed by atoms with van der Waals surface area (Å²) >= 11 is 0. The van der Waals surface area contributed by atoms with Gasteiger partial charge in [0, 0.05) is 29.4 Å². The van der Waals surface area contributed by atoms with Gasteiger partial charge in [-0.3, -0.25) is 4.48 Å². The van der Waals surface area contributed by atoms with Gasteiger partial charge in [-0.25, -0.2) is 8.80 Å². The molecular formula is C17H11BFN2+. The van der Waals surface area contributed by atoms with Gasteiger partial charge in [-0.2, -0.15) is 0 Å². The second kappa shape index (κ2) is 3.73. The third kappa shape index (κ3) is 1.34. The zero-order chi connectivity index (χ0) is 14.0. The lowest BCUT2D eigenvalue weighted by Crippen LogP contribution is -2.46. The summed E-state index contributed by atoms with van der Waals surface area (Å²) in [5, 5.41) is 3.07. The Balaban J connectivity index is 1.92. The number of benzene rings is 2. The van der Waals surface area contributed by atoms with Crippen LogP contribution < -0.4 is 15.1 Å². The van der Waals surface area contributed by atoms with Crippen LogP contribution in [0.1, 0.15) is 5.69 Å². The molecule has 2 aromatic carbocycles.